The molecular weight excluding hydrogens is 324 g/mol. The highest BCUT2D eigenvalue weighted by Gasteiger charge is 2.30. The van der Waals surface area contributed by atoms with Crippen LogP contribution in [-0.4, -0.2) is 30.3 Å². The van der Waals surface area contributed by atoms with Gasteiger partial charge in [0.2, 0.25) is 0 Å². The summed E-state index contributed by atoms with van der Waals surface area (Å²) in [5, 5.41) is 11.7. The van der Waals surface area contributed by atoms with Crippen molar-refractivity contribution < 1.29 is 14.3 Å². The average Bonchev–Trinajstić information content (AvgIpc) is 2.58. The van der Waals surface area contributed by atoms with Crippen LogP contribution >= 0.6 is 11.8 Å². The molecule has 0 radical (unpaired) electrons. The first-order chi connectivity index (χ1) is 11.3. The first-order valence-corrected chi connectivity index (χ1v) is 8.74. The summed E-state index contributed by atoms with van der Waals surface area (Å²) in [6.07, 6.45) is 4.88. The van der Waals surface area contributed by atoms with Crippen LogP contribution < -0.4 is 5.32 Å². The summed E-state index contributed by atoms with van der Waals surface area (Å²) < 4.78 is 4.89. The fourth-order valence-corrected chi connectivity index (χ4v) is 2.10. The second-order valence-corrected chi connectivity index (χ2v) is 6.61. The molecule has 1 aromatic rings. The number of carbonyl (C=O) groups excluding carboxylic acids is 2. The lowest BCUT2D eigenvalue weighted by Gasteiger charge is -2.27. The lowest BCUT2D eigenvalue weighted by atomic mass is 9.90. The summed E-state index contributed by atoms with van der Waals surface area (Å²) >= 11 is 1.64. The van der Waals surface area contributed by atoms with Gasteiger partial charge in [-0.05, 0) is 42.9 Å². The van der Waals surface area contributed by atoms with Crippen molar-refractivity contribution in [1.29, 1.82) is 5.26 Å². The predicted octanol–water partition coefficient (Wildman–Crippen LogP) is 3.02. The number of carbonyl (C=O) groups is 2. The fraction of sp³-hybridized carbons (Fsp3) is 0.389. The molecule has 0 aliphatic rings. The predicted molar refractivity (Wildman–Crippen MR) is 95.2 cm³/mol. The summed E-state index contributed by atoms with van der Waals surface area (Å²) in [6, 6.07) is 9.76. The average molecular weight is 346 g/mol. The van der Waals surface area contributed by atoms with Gasteiger partial charge in [0, 0.05) is 11.0 Å². The molecule has 1 amide bonds. The van der Waals surface area contributed by atoms with Crippen LogP contribution in [0.5, 0.6) is 0 Å². The van der Waals surface area contributed by atoms with Crippen molar-refractivity contribution in [1.82, 2.24) is 5.32 Å². The van der Waals surface area contributed by atoms with E-state index in [0.717, 1.165) is 10.5 Å². The first-order valence-electron chi connectivity index (χ1n) is 7.52. The lowest BCUT2D eigenvalue weighted by Crippen LogP contribution is -2.50. The van der Waals surface area contributed by atoms with Crippen molar-refractivity contribution in [3.63, 3.8) is 0 Å². The Morgan fingerprint density at radius 3 is 2.50 bits per heavy atom. The van der Waals surface area contributed by atoms with Gasteiger partial charge in [0.1, 0.15) is 5.54 Å². The number of hydrogen-bond acceptors (Lipinski definition) is 5. The van der Waals surface area contributed by atoms with Crippen molar-refractivity contribution in [2.45, 2.75) is 31.2 Å². The largest absolute Gasteiger partial charge is 0.452 e. The van der Waals surface area contributed by atoms with Gasteiger partial charge in [-0.15, -0.1) is 11.8 Å². The lowest BCUT2D eigenvalue weighted by molar-refractivity contribution is -0.144. The number of esters is 1. The molecule has 1 unspecified atom stereocenters. The normalized spacial score (nSPS) is 13.3. The van der Waals surface area contributed by atoms with Gasteiger partial charge in [0.25, 0.3) is 5.91 Å². The standard InChI is InChI=1S/C18H22N2O3S/c1-13(2)18(3,12-19)20-16(21)11-23-17(22)10-7-14-5-8-15(24-4)9-6-14/h5-10,13H,11H2,1-4H3,(H,20,21). The number of benzene rings is 1. The summed E-state index contributed by atoms with van der Waals surface area (Å²) in [5.41, 5.74) is -0.121. The minimum atomic E-state index is -0.988. The first kappa shape index (κ1) is 19.8. The number of thioether (sulfide) groups is 1. The Bertz CT molecular complexity index is 647. The summed E-state index contributed by atoms with van der Waals surface area (Å²) in [7, 11) is 0. The van der Waals surface area contributed by atoms with Crippen LogP contribution in [0.4, 0.5) is 0 Å². The molecule has 128 valence electrons. The molecule has 0 aliphatic carbocycles. The van der Waals surface area contributed by atoms with E-state index in [1.807, 2.05) is 44.4 Å². The molecule has 0 spiro atoms. The molecule has 1 aromatic carbocycles. The molecule has 0 aliphatic heterocycles. The smallest absolute Gasteiger partial charge is 0.331 e. The van der Waals surface area contributed by atoms with Crippen molar-refractivity contribution in [2.24, 2.45) is 5.92 Å². The Labute approximate surface area is 147 Å². The molecule has 0 fully saturated rings. The van der Waals surface area contributed by atoms with Gasteiger partial charge in [-0.3, -0.25) is 4.79 Å². The molecule has 1 atom stereocenters. The number of ether oxygens (including phenoxy) is 1. The highest BCUT2D eigenvalue weighted by Crippen LogP contribution is 2.16. The molecule has 0 heterocycles. The summed E-state index contributed by atoms with van der Waals surface area (Å²) in [4.78, 5) is 24.6. The number of nitrogens with zero attached hydrogens (tertiary/aromatic N) is 1. The zero-order chi connectivity index (χ0) is 18.2. The van der Waals surface area contributed by atoms with Gasteiger partial charge in [-0.2, -0.15) is 5.26 Å². The van der Waals surface area contributed by atoms with Gasteiger partial charge in [-0.25, -0.2) is 4.79 Å². The Kier molecular flexibility index (Phi) is 7.53. The van der Waals surface area contributed by atoms with Crippen LogP contribution in [0.3, 0.4) is 0 Å². The molecule has 0 saturated heterocycles. The molecular formula is C18H22N2O3S. The SMILES string of the molecule is CSc1ccc(C=CC(=O)OCC(=O)NC(C)(C#N)C(C)C)cc1. The summed E-state index contributed by atoms with van der Waals surface area (Å²) in [6.45, 7) is 4.88. The third-order valence-electron chi connectivity index (χ3n) is 3.66. The third kappa shape index (κ3) is 6.09. The van der Waals surface area contributed by atoms with E-state index in [1.165, 1.54) is 6.08 Å². The van der Waals surface area contributed by atoms with Gasteiger partial charge in [0.05, 0.1) is 6.07 Å². The van der Waals surface area contributed by atoms with Gasteiger partial charge in [-0.1, -0.05) is 26.0 Å². The Balaban J connectivity index is 2.49. The van der Waals surface area contributed by atoms with E-state index in [1.54, 1.807) is 24.8 Å². The molecule has 1 N–H and O–H groups in total. The maximum Gasteiger partial charge on any atom is 0.331 e. The van der Waals surface area contributed by atoms with Crippen LogP contribution in [0.2, 0.25) is 0 Å². The maximum absolute atomic E-state index is 11.8. The molecule has 0 aromatic heterocycles. The topological polar surface area (TPSA) is 79.2 Å². The second-order valence-electron chi connectivity index (χ2n) is 5.73. The van der Waals surface area contributed by atoms with Crippen molar-refractivity contribution in [3.8, 4) is 6.07 Å². The molecule has 0 bridgehead atoms. The van der Waals surface area contributed by atoms with Gasteiger partial charge < -0.3 is 10.1 Å². The van der Waals surface area contributed by atoms with E-state index >= 15 is 0 Å². The van der Waals surface area contributed by atoms with Crippen LogP contribution in [0.1, 0.15) is 26.3 Å². The van der Waals surface area contributed by atoms with E-state index < -0.39 is 24.0 Å². The highest BCUT2D eigenvalue weighted by molar-refractivity contribution is 7.98. The number of hydrogen-bond donors (Lipinski definition) is 1. The number of nitriles is 1. The maximum atomic E-state index is 11.8. The molecule has 1 rings (SSSR count). The van der Waals surface area contributed by atoms with E-state index in [9.17, 15) is 9.59 Å². The van der Waals surface area contributed by atoms with E-state index in [0.29, 0.717) is 0 Å². The van der Waals surface area contributed by atoms with Gasteiger partial charge in [0.15, 0.2) is 6.61 Å². The summed E-state index contributed by atoms with van der Waals surface area (Å²) in [5.74, 6) is -1.17. The van der Waals surface area contributed by atoms with Gasteiger partial charge >= 0.3 is 5.97 Å². The number of amides is 1. The van der Waals surface area contributed by atoms with Crippen LogP contribution in [0, 0.1) is 17.2 Å². The minimum absolute atomic E-state index is 0.0636. The zero-order valence-electron chi connectivity index (χ0n) is 14.3. The fourth-order valence-electron chi connectivity index (χ4n) is 1.69. The van der Waals surface area contributed by atoms with Crippen LogP contribution in [-0.2, 0) is 14.3 Å². The van der Waals surface area contributed by atoms with E-state index in [-0.39, 0.29) is 5.92 Å². The Morgan fingerprint density at radius 1 is 1.38 bits per heavy atom. The molecule has 0 saturated carbocycles. The number of rotatable bonds is 7. The molecule has 6 heteroatoms. The monoisotopic (exact) mass is 346 g/mol. The van der Waals surface area contributed by atoms with Crippen LogP contribution in [0.25, 0.3) is 6.08 Å². The quantitative estimate of drug-likeness (QED) is 0.466. The molecule has 24 heavy (non-hydrogen) atoms. The van der Waals surface area contributed by atoms with E-state index in [2.05, 4.69) is 11.4 Å². The van der Waals surface area contributed by atoms with Crippen molar-refractivity contribution in [3.05, 3.63) is 35.9 Å². The van der Waals surface area contributed by atoms with E-state index in [4.69, 9.17) is 10.00 Å². The zero-order valence-corrected chi connectivity index (χ0v) is 15.1. The highest BCUT2D eigenvalue weighted by atomic mass is 32.2. The van der Waals surface area contributed by atoms with Crippen LogP contribution in [0.15, 0.2) is 35.2 Å². The number of nitrogens with one attached hydrogen (secondary N) is 1. The second kappa shape index (κ2) is 9.14. The Morgan fingerprint density at radius 2 is 2.00 bits per heavy atom. The van der Waals surface area contributed by atoms with Crippen molar-refractivity contribution in [2.75, 3.05) is 12.9 Å². The molecule has 5 nitrogen and oxygen atoms in total. The minimum Gasteiger partial charge on any atom is -0.452 e. The Hall–Kier alpha value is -2.26. The third-order valence-corrected chi connectivity index (χ3v) is 4.40. The van der Waals surface area contributed by atoms with Crippen molar-refractivity contribution >= 4 is 29.7 Å².